The van der Waals surface area contributed by atoms with Crippen LogP contribution < -0.4 is 5.32 Å². The molecule has 90 valence electrons. The smallest absolute Gasteiger partial charge is 0.257 e. The number of nitrogens with one attached hydrogen (secondary N) is 1. The largest absolute Gasteiger partial charge is 0.353 e. The molecule has 0 spiro atoms. The molecule has 0 atom stereocenters. The highest BCUT2D eigenvalue weighted by molar-refractivity contribution is 6.31. The van der Waals surface area contributed by atoms with Gasteiger partial charge in [-0.25, -0.2) is 4.39 Å². The van der Waals surface area contributed by atoms with Gasteiger partial charge in [-0.3, -0.25) is 9.59 Å². The topological polar surface area (TPSA) is 49.4 Å². The van der Waals surface area contributed by atoms with E-state index in [1.807, 2.05) is 0 Å². The molecule has 0 unspecified atom stereocenters. The second-order valence-corrected chi connectivity index (χ2v) is 4.14. The first kappa shape index (κ1) is 11.9. The Balaban J connectivity index is 2.24. The molecule has 1 aromatic carbocycles. The summed E-state index contributed by atoms with van der Waals surface area (Å²) in [5, 5.41) is 2.88. The Labute approximate surface area is 102 Å². The molecule has 0 aromatic heterocycles. The predicted molar refractivity (Wildman–Crippen MR) is 60.3 cm³/mol. The first-order chi connectivity index (χ1) is 8.08. The molecule has 1 saturated heterocycles. The van der Waals surface area contributed by atoms with Gasteiger partial charge in [0.15, 0.2) is 0 Å². The lowest BCUT2D eigenvalue weighted by Gasteiger charge is -2.26. The summed E-state index contributed by atoms with van der Waals surface area (Å²) >= 11 is 5.71. The van der Waals surface area contributed by atoms with Crippen molar-refractivity contribution in [1.29, 1.82) is 0 Å². The third-order valence-electron chi connectivity index (χ3n) is 2.48. The maximum absolute atomic E-state index is 13.5. The number of nitrogens with zero attached hydrogens (tertiary/aromatic N) is 1. The minimum Gasteiger partial charge on any atom is -0.353 e. The number of halogens is 2. The first-order valence-electron chi connectivity index (χ1n) is 5.09. The molecule has 1 aliphatic rings. The van der Waals surface area contributed by atoms with Gasteiger partial charge in [0.1, 0.15) is 5.82 Å². The van der Waals surface area contributed by atoms with Crippen LogP contribution in [0.1, 0.15) is 10.4 Å². The summed E-state index contributed by atoms with van der Waals surface area (Å²) in [7, 11) is 0. The van der Waals surface area contributed by atoms with Crippen LogP contribution in [0.5, 0.6) is 0 Å². The van der Waals surface area contributed by atoms with E-state index in [1.165, 1.54) is 17.0 Å². The average Bonchev–Trinajstić information content (AvgIpc) is 2.31. The summed E-state index contributed by atoms with van der Waals surface area (Å²) in [4.78, 5) is 24.4. The maximum atomic E-state index is 13.5. The SMILES string of the molecule is O=C1CN(C(=O)c2cc(Cl)ccc2F)CCN1. The van der Waals surface area contributed by atoms with Crippen LogP contribution in [0, 0.1) is 5.82 Å². The average molecular weight is 257 g/mol. The molecule has 1 aliphatic heterocycles. The Morgan fingerprint density at radius 3 is 2.94 bits per heavy atom. The molecular weight excluding hydrogens is 247 g/mol. The van der Waals surface area contributed by atoms with Gasteiger partial charge in [0.05, 0.1) is 12.1 Å². The number of amides is 2. The zero-order valence-electron chi connectivity index (χ0n) is 8.87. The van der Waals surface area contributed by atoms with Gasteiger partial charge in [-0.15, -0.1) is 0 Å². The lowest BCUT2D eigenvalue weighted by molar-refractivity contribution is -0.123. The van der Waals surface area contributed by atoms with Crippen LogP contribution in [0.15, 0.2) is 18.2 Å². The second-order valence-electron chi connectivity index (χ2n) is 3.70. The molecule has 1 N–H and O–H groups in total. The Morgan fingerprint density at radius 2 is 2.24 bits per heavy atom. The monoisotopic (exact) mass is 256 g/mol. The van der Waals surface area contributed by atoms with Gasteiger partial charge in [-0.05, 0) is 18.2 Å². The molecule has 17 heavy (non-hydrogen) atoms. The number of carbonyl (C=O) groups is 2. The van der Waals surface area contributed by atoms with Crippen LogP contribution in [0.25, 0.3) is 0 Å². The van der Waals surface area contributed by atoms with Gasteiger partial charge < -0.3 is 10.2 Å². The Hall–Kier alpha value is -1.62. The van der Waals surface area contributed by atoms with Crippen LogP contribution in [0.4, 0.5) is 4.39 Å². The van der Waals surface area contributed by atoms with E-state index in [4.69, 9.17) is 11.6 Å². The van der Waals surface area contributed by atoms with E-state index < -0.39 is 11.7 Å². The number of hydrogen-bond donors (Lipinski definition) is 1. The second kappa shape index (κ2) is 4.71. The molecule has 6 heteroatoms. The quantitative estimate of drug-likeness (QED) is 0.817. The standard InChI is InChI=1S/C11H10ClFN2O2/c12-7-1-2-9(13)8(5-7)11(17)15-4-3-14-10(16)6-15/h1-2,5H,3-4,6H2,(H,14,16). The molecule has 1 heterocycles. The van der Waals surface area contributed by atoms with E-state index in [1.54, 1.807) is 0 Å². The van der Waals surface area contributed by atoms with Crippen LogP contribution in [0.3, 0.4) is 0 Å². The summed E-state index contributed by atoms with van der Waals surface area (Å²) in [5.41, 5.74) is -0.104. The highest BCUT2D eigenvalue weighted by Crippen LogP contribution is 2.17. The van der Waals surface area contributed by atoms with Crippen molar-refractivity contribution in [2.24, 2.45) is 0 Å². The van der Waals surface area contributed by atoms with Gasteiger partial charge in [0.25, 0.3) is 5.91 Å². The number of hydrogen-bond acceptors (Lipinski definition) is 2. The number of carbonyl (C=O) groups excluding carboxylic acids is 2. The molecule has 1 fully saturated rings. The van der Waals surface area contributed by atoms with E-state index in [0.717, 1.165) is 6.07 Å². The lowest BCUT2D eigenvalue weighted by Crippen LogP contribution is -2.50. The van der Waals surface area contributed by atoms with Crippen molar-refractivity contribution < 1.29 is 14.0 Å². The summed E-state index contributed by atoms with van der Waals surface area (Å²) in [6, 6.07) is 3.78. The minimum absolute atomic E-state index is 0.0508. The van der Waals surface area contributed by atoms with Crippen molar-refractivity contribution in [3.8, 4) is 0 Å². The summed E-state index contributed by atoms with van der Waals surface area (Å²) < 4.78 is 13.5. The molecule has 1 aromatic rings. The third kappa shape index (κ3) is 2.55. The zero-order chi connectivity index (χ0) is 12.4. The van der Waals surface area contributed by atoms with Gasteiger partial charge in [-0.2, -0.15) is 0 Å². The predicted octanol–water partition coefficient (Wildman–Crippen LogP) is 1.05. The zero-order valence-corrected chi connectivity index (χ0v) is 9.63. The molecule has 0 saturated carbocycles. The van der Waals surface area contributed by atoms with Gasteiger partial charge in [0, 0.05) is 18.1 Å². The fourth-order valence-electron chi connectivity index (χ4n) is 1.64. The third-order valence-corrected chi connectivity index (χ3v) is 2.72. The van der Waals surface area contributed by atoms with Crippen molar-refractivity contribution in [3.63, 3.8) is 0 Å². The summed E-state index contributed by atoms with van der Waals surface area (Å²) in [5.74, 6) is -1.39. The van der Waals surface area contributed by atoms with Gasteiger partial charge in [0.2, 0.25) is 5.91 Å². The summed E-state index contributed by atoms with van der Waals surface area (Å²) in [6.07, 6.45) is 0. The van der Waals surface area contributed by atoms with Crippen LogP contribution in [0.2, 0.25) is 5.02 Å². The van der Waals surface area contributed by atoms with Crippen molar-refractivity contribution >= 4 is 23.4 Å². The molecule has 2 amide bonds. The molecule has 4 nitrogen and oxygen atoms in total. The van der Waals surface area contributed by atoms with Crippen molar-refractivity contribution in [3.05, 3.63) is 34.6 Å². The molecule has 0 radical (unpaired) electrons. The van der Waals surface area contributed by atoms with Crippen LogP contribution >= 0.6 is 11.6 Å². The molecular formula is C11H10ClFN2O2. The van der Waals surface area contributed by atoms with E-state index in [0.29, 0.717) is 13.1 Å². The molecule has 0 aliphatic carbocycles. The van der Waals surface area contributed by atoms with E-state index in [-0.39, 0.29) is 23.0 Å². The number of rotatable bonds is 1. The Kier molecular flexibility index (Phi) is 3.28. The first-order valence-corrected chi connectivity index (χ1v) is 5.47. The molecule has 2 rings (SSSR count). The van der Waals surface area contributed by atoms with Crippen molar-refractivity contribution in [1.82, 2.24) is 10.2 Å². The van der Waals surface area contributed by atoms with E-state index >= 15 is 0 Å². The Morgan fingerprint density at radius 1 is 1.47 bits per heavy atom. The summed E-state index contributed by atoms with van der Waals surface area (Å²) in [6.45, 7) is 0.702. The normalized spacial score (nSPS) is 15.6. The van der Waals surface area contributed by atoms with Crippen LogP contribution in [-0.4, -0.2) is 36.3 Å². The van der Waals surface area contributed by atoms with E-state index in [9.17, 15) is 14.0 Å². The fourth-order valence-corrected chi connectivity index (χ4v) is 1.82. The van der Waals surface area contributed by atoms with Gasteiger partial charge in [-0.1, -0.05) is 11.6 Å². The van der Waals surface area contributed by atoms with Crippen molar-refractivity contribution in [2.75, 3.05) is 19.6 Å². The number of benzene rings is 1. The Bertz CT molecular complexity index is 479. The highest BCUT2D eigenvalue weighted by Gasteiger charge is 2.24. The van der Waals surface area contributed by atoms with Gasteiger partial charge >= 0.3 is 0 Å². The van der Waals surface area contributed by atoms with Crippen LogP contribution in [-0.2, 0) is 4.79 Å². The highest BCUT2D eigenvalue weighted by atomic mass is 35.5. The number of piperazine rings is 1. The molecule has 0 bridgehead atoms. The van der Waals surface area contributed by atoms with E-state index in [2.05, 4.69) is 5.32 Å². The fraction of sp³-hybridized carbons (Fsp3) is 0.273. The van der Waals surface area contributed by atoms with Crippen molar-refractivity contribution in [2.45, 2.75) is 0 Å². The lowest BCUT2D eigenvalue weighted by atomic mass is 10.1. The maximum Gasteiger partial charge on any atom is 0.257 e. The minimum atomic E-state index is -0.634.